The molecule has 1 aromatic rings. The van der Waals surface area contributed by atoms with Crippen LogP contribution in [-0.4, -0.2) is 51.4 Å². The van der Waals surface area contributed by atoms with Crippen molar-refractivity contribution in [2.24, 2.45) is 10.7 Å². The van der Waals surface area contributed by atoms with Crippen molar-refractivity contribution in [1.82, 2.24) is 4.90 Å². The van der Waals surface area contributed by atoms with Gasteiger partial charge >= 0.3 is 0 Å². The van der Waals surface area contributed by atoms with Gasteiger partial charge in [0.25, 0.3) is 0 Å². The first-order valence-corrected chi connectivity index (χ1v) is 6.83. The van der Waals surface area contributed by atoms with E-state index in [-0.39, 0.29) is 0 Å². The standard InChI is InChI=1S/C15H23N5/c1-18-11-12(10-16)14-9-13(17)3-4-15(14)20-7-5-19(2)6-8-20/h3-4,9-11H,5-8,16-17H2,1-2H3. The van der Waals surface area contributed by atoms with Gasteiger partial charge in [0.05, 0.1) is 0 Å². The molecule has 2 rings (SSSR count). The van der Waals surface area contributed by atoms with E-state index in [2.05, 4.69) is 27.9 Å². The number of hydrogen-bond acceptors (Lipinski definition) is 5. The summed E-state index contributed by atoms with van der Waals surface area (Å²) in [4.78, 5) is 8.78. The molecular weight excluding hydrogens is 250 g/mol. The van der Waals surface area contributed by atoms with Gasteiger partial charge < -0.3 is 21.3 Å². The first kappa shape index (κ1) is 14.4. The van der Waals surface area contributed by atoms with E-state index in [9.17, 15) is 0 Å². The second-order valence-corrected chi connectivity index (χ2v) is 5.08. The average Bonchev–Trinajstić information content (AvgIpc) is 2.46. The van der Waals surface area contributed by atoms with E-state index in [1.54, 1.807) is 19.5 Å². The molecule has 4 N–H and O–H groups in total. The molecule has 20 heavy (non-hydrogen) atoms. The lowest BCUT2D eigenvalue weighted by molar-refractivity contribution is 0.313. The molecule has 0 spiro atoms. The summed E-state index contributed by atoms with van der Waals surface area (Å²) in [6.45, 7) is 4.14. The van der Waals surface area contributed by atoms with Crippen LogP contribution in [0.1, 0.15) is 5.56 Å². The average molecular weight is 273 g/mol. The second kappa shape index (κ2) is 6.43. The largest absolute Gasteiger partial charge is 0.404 e. The van der Waals surface area contributed by atoms with Crippen LogP contribution >= 0.6 is 0 Å². The monoisotopic (exact) mass is 273 g/mol. The Kier molecular flexibility index (Phi) is 4.63. The molecule has 0 atom stereocenters. The van der Waals surface area contributed by atoms with Crippen molar-refractivity contribution < 1.29 is 0 Å². The predicted molar refractivity (Wildman–Crippen MR) is 87.1 cm³/mol. The van der Waals surface area contributed by atoms with Crippen molar-refractivity contribution in [3.05, 3.63) is 30.0 Å². The van der Waals surface area contributed by atoms with Crippen LogP contribution < -0.4 is 16.4 Å². The highest BCUT2D eigenvalue weighted by Gasteiger charge is 2.18. The zero-order valence-electron chi connectivity index (χ0n) is 12.2. The van der Waals surface area contributed by atoms with Gasteiger partial charge in [-0.25, -0.2) is 0 Å². The summed E-state index contributed by atoms with van der Waals surface area (Å²) in [7, 11) is 3.89. The van der Waals surface area contributed by atoms with Crippen molar-refractivity contribution in [2.45, 2.75) is 0 Å². The lowest BCUT2D eigenvalue weighted by Gasteiger charge is -2.35. The number of benzene rings is 1. The summed E-state index contributed by atoms with van der Waals surface area (Å²) >= 11 is 0. The van der Waals surface area contributed by atoms with Crippen molar-refractivity contribution in [1.29, 1.82) is 0 Å². The van der Waals surface area contributed by atoms with Gasteiger partial charge in [0.15, 0.2) is 0 Å². The van der Waals surface area contributed by atoms with Gasteiger partial charge in [-0.15, -0.1) is 0 Å². The summed E-state index contributed by atoms with van der Waals surface area (Å²) in [6.07, 6.45) is 3.36. The molecule has 0 amide bonds. The Morgan fingerprint density at radius 3 is 2.55 bits per heavy atom. The molecule has 1 aromatic carbocycles. The van der Waals surface area contributed by atoms with E-state index in [1.165, 1.54) is 5.69 Å². The topological polar surface area (TPSA) is 70.9 Å². The van der Waals surface area contributed by atoms with Crippen molar-refractivity contribution in [3.8, 4) is 0 Å². The summed E-state index contributed by atoms with van der Waals surface area (Å²) in [6, 6.07) is 5.98. The third-order valence-electron chi connectivity index (χ3n) is 3.62. The molecule has 0 aliphatic carbocycles. The zero-order valence-corrected chi connectivity index (χ0v) is 12.2. The molecule has 1 fully saturated rings. The number of hydrogen-bond donors (Lipinski definition) is 2. The van der Waals surface area contributed by atoms with E-state index in [1.807, 2.05) is 12.1 Å². The Hall–Kier alpha value is -2.01. The van der Waals surface area contributed by atoms with Gasteiger partial charge in [0.2, 0.25) is 0 Å². The molecule has 108 valence electrons. The number of piperazine rings is 1. The highest BCUT2D eigenvalue weighted by molar-refractivity contribution is 6.12. The fraction of sp³-hybridized carbons (Fsp3) is 0.400. The van der Waals surface area contributed by atoms with Crippen LogP contribution in [0.5, 0.6) is 0 Å². The molecule has 0 saturated carbocycles. The first-order chi connectivity index (χ1) is 9.65. The van der Waals surface area contributed by atoms with E-state index in [0.29, 0.717) is 0 Å². The molecule has 1 heterocycles. The molecule has 5 heteroatoms. The minimum absolute atomic E-state index is 0.738. The first-order valence-electron chi connectivity index (χ1n) is 6.83. The Morgan fingerprint density at radius 2 is 1.95 bits per heavy atom. The van der Waals surface area contributed by atoms with E-state index < -0.39 is 0 Å². The van der Waals surface area contributed by atoms with Crippen LogP contribution in [0.25, 0.3) is 5.57 Å². The maximum Gasteiger partial charge on any atom is 0.0449 e. The smallest absolute Gasteiger partial charge is 0.0449 e. The third-order valence-corrected chi connectivity index (χ3v) is 3.62. The number of aliphatic imine (C=N–C) groups is 1. The number of rotatable bonds is 3. The number of anilines is 2. The Morgan fingerprint density at radius 1 is 1.25 bits per heavy atom. The molecule has 0 radical (unpaired) electrons. The highest BCUT2D eigenvalue weighted by Crippen LogP contribution is 2.29. The molecule has 5 nitrogen and oxygen atoms in total. The van der Waals surface area contributed by atoms with Crippen LogP contribution in [0.2, 0.25) is 0 Å². The highest BCUT2D eigenvalue weighted by atomic mass is 15.2. The molecule has 0 aromatic heterocycles. The fourth-order valence-electron chi connectivity index (χ4n) is 2.45. The van der Waals surface area contributed by atoms with Crippen molar-refractivity contribution in [3.63, 3.8) is 0 Å². The van der Waals surface area contributed by atoms with Crippen molar-refractivity contribution >= 4 is 23.2 Å². The zero-order chi connectivity index (χ0) is 14.5. The summed E-state index contributed by atoms with van der Waals surface area (Å²) in [5.41, 5.74) is 15.5. The Bertz CT molecular complexity index is 513. The molecule has 0 bridgehead atoms. The van der Waals surface area contributed by atoms with Crippen LogP contribution in [-0.2, 0) is 0 Å². The van der Waals surface area contributed by atoms with Gasteiger partial charge in [0.1, 0.15) is 0 Å². The van der Waals surface area contributed by atoms with Gasteiger partial charge in [-0.1, -0.05) is 0 Å². The molecule has 1 saturated heterocycles. The maximum atomic E-state index is 5.93. The van der Waals surface area contributed by atoms with Crippen molar-refractivity contribution in [2.75, 3.05) is 50.9 Å². The van der Waals surface area contributed by atoms with Crippen LogP contribution in [0.4, 0.5) is 11.4 Å². The van der Waals surface area contributed by atoms with Crippen LogP contribution in [0, 0.1) is 0 Å². The quantitative estimate of drug-likeness (QED) is 0.637. The van der Waals surface area contributed by atoms with Crippen LogP contribution in [0.15, 0.2) is 29.4 Å². The summed E-state index contributed by atoms with van der Waals surface area (Å²) in [5, 5.41) is 0. The summed E-state index contributed by atoms with van der Waals surface area (Å²) in [5.74, 6) is 0. The van der Waals surface area contributed by atoms with E-state index in [4.69, 9.17) is 11.5 Å². The SMILES string of the molecule is CN=CC(=CN)c1cc(N)ccc1N1CCN(C)CC1. The lowest BCUT2D eigenvalue weighted by atomic mass is 10.0. The molecule has 1 aliphatic rings. The Balaban J connectivity index is 2.37. The maximum absolute atomic E-state index is 5.93. The predicted octanol–water partition coefficient (Wildman–Crippen LogP) is 1.02. The fourth-order valence-corrected chi connectivity index (χ4v) is 2.45. The molecule has 1 aliphatic heterocycles. The number of nitrogen functional groups attached to an aromatic ring is 1. The Labute approximate surface area is 120 Å². The second-order valence-electron chi connectivity index (χ2n) is 5.08. The number of nitrogens with zero attached hydrogens (tertiary/aromatic N) is 3. The van der Waals surface area contributed by atoms with Gasteiger partial charge in [-0.2, -0.15) is 0 Å². The number of likely N-dealkylation sites (N-methyl/N-ethyl adjacent to an activating group) is 1. The number of nitrogens with two attached hydrogens (primary N) is 2. The van der Waals surface area contributed by atoms with E-state index in [0.717, 1.165) is 43.0 Å². The minimum atomic E-state index is 0.738. The van der Waals surface area contributed by atoms with Gasteiger partial charge in [0, 0.05) is 68.2 Å². The normalized spacial score (nSPS) is 17.9. The minimum Gasteiger partial charge on any atom is -0.404 e. The summed E-state index contributed by atoms with van der Waals surface area (Å²) < 4.78 is 0. The lowest BCUT2D eigenvalue weighted by Crippen LogP contribution is -2.44. The molecule has 0 unspecified atom stereocenters. The van der Waals surface area contributed by atoms with Gasteiger partial charge in [-0.3, -0.25) is 4.99 Å². The number of allylic oxidation sites excluding steroid dienone is 1. The van der Waals surface area contributed by atoms with E-state index >= 15 is 0 Å². The third kappa shape index (κ3) is 3.11. The van der Waals surface area contributed by atoms with Gasteiger partial charge in [-0.05, 0) is 25.2 Å². The van der Waals surface area contributed by atoms with Crippen LogP contribution in [0.3, 0.4) is 0 Å². The molecular formula is C15H23N5.